The normalized spacial score (nSPS) is 15.8. The van der Waals surface area contributed by atoms with Crippen LogP contribution in [0.25, 0.3) is 0 Å². The van der Waals surface area contributed by atoms with Crippen LogP contribution in [0, 0.1) is 0 Å². The Kier molecular flexibility index (Phi) is 7.66. The van der Waals surface area contributed by atoms with Crippen molar-refractivity contribution in [3.63, 3.8) is 0 Å². The summed E-state index contributed by atoms with van der Waals surface area (Å²) < 4.78 is 27.0. The summed E-state index contributed by atoms with van der Waals surface area (Å²) in [5, 5.41) is 3.27. The second-order valence-corrected chi connectivity index (χ2v) is 7.92. The lowest BCUT2D eigenvalue weighted by molar-refractivity contribution is 0.0703. The fourth-order valence-corrected chi connectivity index (χ4v) is 4.03. The van der Waals surface area contributed by atoms with Crippen molar-refractivity contribution in [2.75, 3.05) is 20.1 Å². The SMILES string of the molecule is CC(C)NS(=O)(=O)c1cccc(C(=O)N(C)C2CCNCC2)c1.Cl. The van der Waals surface area contributed by atoms with Crippen LogP contribution < -0.4 is 10.0 Å². The van der Waals surface area contributed by atoms with E-state index in [4.69, 9.17) is 0 Å². The van der Waals surface area contributed by atoms with Crippen LogP contribution in [0.5, 0.6) is 0 Å². The molecule has 2 rings (SSSR count). The maximum absolute atomic E-state index is 12.6. The molecule has 1 heterocycles. The number of hydrogen-bond acceptors (Lipinski definition) is 4. The maximum atomic E-state index is 12.6. The Bertz CT molecular complexity index is 658. The number of benzene rings is 1. The molecule has 1 amide bonds. The van der Waals surface area contributed by atoms with E-state index >= 15 is 0 Å². The lowest BCUT2D eigenvalue weighted by Gasteiger charge is -2.31. The van der Waals surface area contributed by atoms with E-state index in [0.29, 0.717) is 5.56 Å². The van der Waals surface area contributed by atoms with Gasteiger partial charge in [0, 0.05) is 24.7 Å². The Morgan fingerprint density at radius 1 is 1.29 bits per heavy atom. The zero-order chi connectivity index (χ0) is 17.0. The fraction of sp³-hybridized carbons (Fsp3) is 0.562. The number of rotatable bonds is 5. The Morgan fingerprint density at radius 2 is 1.92 bits per heavy atom. The van der Waals surface area contributed by atoms with Gasteiger partial charge in [0.1, 0.15) is 0 Å². The summed E-state index contributed by atoms with van der Waals surface area (Å²) >= 11 is 0. The molecule has 0 spiro atoms. The number of halogens is 1. The Labute approximate surface area is 150 Å². The monoisotopic (exact) mass is 375 g/mol. The summed E-state index contributed by atoms with van der Waals surface area (Å²) in [6.07, 6.45) is 1.82. The van der Waals surface area contributed by atoms with Crippen molar-refractivity contribution in [3.05, 3.63) is 29.8 Å². The smallest absolute Gasteiger partial charge is 0.253 e. The molecule has 0 radical (unpaired) electrons. The van der Waals surface area contributed by atoms with Crippen molar-refractivity contribution in [2.45, 2.75) is 43.7 Å². The summed E-state index contributed by atoms with van der Waals surface area (Å²) in [4.78, 5) is 14.5. The van der Waals surface area contributed by atoms with Crippen LogP contribution in [-0.2, 0) is 10.0 Å². The van der Waals surface area contributed by atoms with Gasteiger partial charge in [-0.05, 0) is 58.0 Å². The first kappa shape index (κ1) is 20.9. The Hall–Kier alpha value is -1.15. The third-order valence-electron chi connectivity index (χ3n) is 3.96. The number of carbonyl (C=O) groups excluding carboxylic acids is 1. The Balaban J connectivity index is 0.00000288. The van der Waals surface area contributed by atoms with Crippen LogP contribution in [0.15, 0.2) is 29.2 Å². The standard InChI is InChI=1S/C16H25N3O3S.ClH/c1-12(2)18-23(21,22)15-6-4-5-13(11-15)16(20)19(3)14-7-9-17-10-8-14;/h4-6,11-12,14,17-18H,7-10H2,1-3H3;1H. The highest BCUT2D eigenvalue weighted by atomic mass is 35.5. The minimum absolute atomic E-state index is 0. The van der Waals surface area contributed by atoms with Crippen molar-refractivity contribution in [1.82, 2.24) is 14.9 Å². The minimum atomic E-state index is -3.60. The molecule has 1 aliphatic heterocycles. The summed E-state index contributed by atoms with van der Waals surface area (Å²) in [6.45, 7) is 5.32. The first-order valence-corrected chi connectivity index (χ1v) is 9.40. The third-order valence-corrected chi connectivity index (χ3v) is 5.62. The second-order valence-electron chi connectivity index (χ2n) is 6.20. The highest BCUT2D eigenvalue weighted by molar-refractivity contribution is 7.89. The van der Waals surface area contributed by atoms with Gasteiger partial charge in [0.25, 0.3) is 5.91 Å². The quantitative estimate of drug-likeness (QED) is 0.819. The molecule has 2 N–H and O–H groups in total. The summed E-state index contributed by atoms with van der Waals surface area (Å²) in [5.41, 5.74) is 0.401. The molecule has 1 aromatic rings. The number of carbonyl (C=O) groups is 1. The number of piperidine rings is 1. The van der Waals surface area contributed by atoms with Crippen LogP contribution in [0.2, 0.25) is 0 Å². The maximum Gasteiger partial charge on any atom is 0.253 e. The minimum Gasteiger partial charge on any atom is -0.339 e. The average Bonchev–Trinajstić information content (AvgIpc) is 2.53. The van der Waals surface area contributed by atoms with E-state index in [1.807, 2.05) is 0 Å². The molecular formula is C16H26ClN3O3S. The molecule has 0 saturated carbocycles. The van der Waals surface area contributed by atoms with Gasteiger partial charge in [0.05, 0.1) is 4.90 Å². The first-order valence-electron chi connectivity index (χ1n) is 7.91. The predicted molar refractivity (Wildman–Crippen MR) is 97.1 cm³/mol. The van der Waals surface area contributed by atoms with Gasteiger partial charge in [-0.3, -0.25) is 4.79 Å². The molecule has 1 aliphatic rings. The van der Waals surface area contributed by atoms with Gasteiger partial charge in [-0.2, -0.15) is 0 Å². The van der Waals surface area contributed by atoms with Gasteiger partial charge in [0.15, 0.2) is 0 Å². The predicted octanol–water partition coefficient (Wildman–Crippen LogP) is 1.62. The van der Waals surface area contributed by atoms with E-state index in [-0.39, 0.29) is 35.3 Å². The summed E-state index contributed by atoms with van der Waals surface area (Å²) in [7, 11) is -1.81. The molecule has 0 aromatic heterocycles. The molecule has 1 saturated heterocycles. The van der Waals surface area contributed by atoms with Gasteiger partial charge in [-0.25, -0.2) is 13.1 Å². The summed E-state index contributed by atoms with van der Waals surface area (Å²) in [5.74, 6) is -0.140. The topological polar surface area (TPSA) is 78.5 Å². The van der Waals surface area contributed by atoms with Crippen LogP contribution in [0.1, 0.15) is 37.0 Å². The first-order chi connectivity index (χ1) is 10.8. The van der Waals surface area contributed by atoms with Crippen LogP contribution in [0.3, 0.4) is 0 Å². The zero-order valence-electron chi connectivity index (χ0n) is 14.3. The number of nitrogens with zero attached hydrogens (tertiary/aromatic N) is 1. The average molecular weight is 376 g/mol. The highest BCUT2D eigenvalue weighted by Crippen LogP contribution is 2.17. The van der Waals surface area contributed by atoms with Crippen LogP contribution in [-0.4, -0.2) is 51.4 Å². The van der Waals surface area contributed by atoms with Gasteiger partial charge in [-0.15, -0.1) is 12.4 Å². The molecule has 1 aromatic carbocycles. The van der Waals surface area contributed by atoms with Crippen molar-refractivity contribution in [1.29, 1.82) is 0 Å². The van der Waals surface area contributed by atoms with Gasteiger partial charge in [-0.1, -0.05) is 6.07 Å². The lowest BCUT2D eigenvalue weighted by atomic mass is 10.0. The summed E-state index contributed by atoms with van der Waals surface area (Å²) in [6, 6.07) is 6.22. The van der Waals surface area contributed by atoms with Gasteiger partial charge < -0.3 is 10.2 Å². The highest BCUT2D eigenvalue weighted by Gasteiger charge is 2.24. The number of sulfonamides is 1. The van der Waals surface area contributed by atoms with E-state index in [2.05, 4.69) is 10.0 Å². The lowest BCUT2D eigenvalue weighted by Crippen LogP contribution is -2.44. The van der Waals surface area contributed by atoms with Gasteiger partial charge in [0.2, 0.25) is 10.0 Å². The largest absolute Gasteiger partial charge is 0.339 e. The molecule has 6 nitrogen and oxygen atoms in total. The molecule has 0 unspecified atom stereocenters. The van der Waals surface area contributed by atoms with E-state index in [1.54, 1.807) is 37.9 Å². The molecule has 8 heteroatoms. The zero-order valence-corrected chi connectivity index (χ0v) is 15.9. The third kappa shape index (κ3) is 5.17. The molecular weight excluding hydrogens is 350 g/mol. The van der Waals surface area contributed by atoms with Crippen LogP contribution >= 0.6 is 12.4 Å². The molecule has 0 atom stereocenters. The number of nitrogens with one attached hydrogen (secondary N) is 2. The van der Waals surface area contributed by atoms with Gasteiger partial charge >= 0.3 is 0 Å². The van der Waals surface area contributed by atoms with E-state index in [1.165, 1.54) is 12.1 Å². The molecule has 24 heavy (non-hydrogen) atoms. The second kappa shape index (κ2) is 8.80. The molecule has 1 fully saturated rings. The van der Waals surface area contributed by atoms with E-state index in [0.717, 1.165) is 25.9 Å². The fourth-order valence-electron chi connectivity index (χ4n) is 2.74. The number of hydrogen-bond donors (Lipinski definition) is 2. The van der Waals surface area contributed by atoms with E-state index in [9.17, 15) is 13.2 Å². The van der Waals surface area contributed by atoms with Crippen molar-refractivity contribution < 1.29 is 13.2 Å². The van der Waals surface area contributed by atoms with Crippen molar-refractivity contribution >= 4 is 28.3 Å². The van der Waals surface area contributed by atoms with Crippen molar-refractivity contribution in [3.8, 4) is 0 Å². The Morgan fingerprint density at radius 3 is 2.50 bits per heavy atom. The molecule has 0 aliphatic carbocycles. The van der Waals surface area contributed by atoms with Crippen LogP contribution in [0.4, 0.5) is 0 Å². The number of amides is 1. The van der Waals surface area contributed by atoms with E-state index < -0.39 is 10.0 Å². The molecule has 0 bridgehead atoms. The van der Waals surface area contributed by atoms with Crippen molar-refractivity contribution in [2.24, 2.45) is 0 Å². The molecule has 136 valence electrons.